The highest BCUT2D eigenvalue weighted by Crippen LogP contribution is 2.25. The van der Waals surface area contributed by atoms with Crippen LogP contribution in [-0.4, -0.2) is 87.5 Å². The summed E-state index contributed by atoms with van der Waals surface area (Å²) in [5.41, 5.74) is 12.3. The molecule has 0 spiro atoms. The number of carboxylic acid groups (broad SMARTS) is 1. The lowest BCUT2D eigenvalue weighted by Crippen LogP contribution is -2.55. The number of hydrogen-bond acceptors (Lipinski definition) is 7. The van der Waals surface area contributed by atoms with Gasteiger partial charge in [0.25, 0.3) is 0 Å². The van der Waals surface area contributed by atoms with Crippen molar-refractivity contribution in [3.63, 3.8) is 0 Å². The van der Waals surface area contributed by atoms with Crippen LogP contribution >= 0.6 is 0 Å². The second kappa shape index (κ2) is 15.1. The van der Waals surface area contributed by atoms with Gasteiger partial charge in [-0.2, -0.15) is 4.72 Å². The summed E-state index contributed by atoms with van der Waals surface area (Å²) in [6.45, 7) is 0.419. The van der Waals surface area contributed by atoms with Crippen molar-refractivity contribution >= 4 is 50.2 Å². The third-order valence-electron chi connectivity index (χ3n) is 7.90. The quantitative estimate of drug-likeness (QED) is 0.0971. The summed E-state index contributed by atoms with van der Waals surface area (Å²) >= 11 is 0. The van der Waals surface area contributed by atoms with Crippen molar-refractivity contribution < 1.29 is 27.9 Å². The number of guanidine groups is 1. The number of anilines is 1. The molecule has 2 amide bonds. The summed E-state index contributed by atoms with van der Waals surface area (Å²) in [5.74, 6) is -2.53. The summed E-state index contributed by atoms with van der Waals surface area (Å²) in [5, 5.41) is 13.8. The molecule has 46 heavy (non-hydrogen) atoms. The van der Waals surface area contributed by atoms with Crippen LogP contribution in [0, 0.1) is 0 Å². The number of sulfonamides is 1. The fraction of sp³-hybridized carbons (Fsp3) is 0.375. The Hall–Kier alpha value is -4.69. The Bertz CT molecular complexity index is 1690. The van der Waals surface area contributed by atoms with Crippen molar-refractivity contribution in [1.29, 1.82) is 0 Å². The Labute approximate surface area is 268 Å². The average Bonchev–Trinajstić information content (AvgIpc) is 3.51. The maximum absolute atomic E-state index is 14.0. The lowest BCUT2D eigenvalue weighted by molar-refractivity contribution is -0.144. The highest BCUT2D eigenvalue weighted by atomic mass is 32.2. The smallest absolute Gasteiger partial charge is 0.326 e. The van der Waals surface area contributed by atoms with Gasteiger partial charge in [0.15, 0.2) is 5.96 Å². The molecule has 1 aliphatic rings. The number of carboxylic acids is 1. The Kier molecular flexibility index (Phi) is 11.2. The fourth-order valence-electron chi connectivity index (χ4n) is 5.47. The van der Waals surface area contributed by atoms with Crippen LogP contribution < -0.4 is 26.4 Å². The van der Waals surface area contributed by atoms with Crippen molar-refractivity contribution in [2.45, 2.75) is 55.1 Å². The SMILES string of the molecule is CN(C)c1ccc2cc(S(=O)(=O)N[C@H](Cc3ccccc3)C(=O)N3CCC[C@H]3C(=O)N[C@@H](CCCN=C(N)N)C(=O)O)ccc2c1. The first-order valence-electron chi connectivity index (χ1n) is 15.0. The van der Waals surface area contributed by atoms with Crippen LogP contribution in [-0.2, 0) is 30.8 Å². The van der Waals surface area contributed by atoms with Gasteiger partial charge in [0.1, 0.15) is 18.1 Å². The predicted molar refractivity (Wildman–Crippen MR) is 177 cm³/mol. The van der Waals surface area contributed by atoms with Crippen molar-refractivity contribution in [2.75, 3.05) is 32.1 Å². The number of nitrogens with one attached hydrogen (secondary N) is 2. The van der Waals surface area contributed by atoms with Gasteiger partial charge in [0.05, 0.1) is 4.90 Å². The topological polar surface area (TPSA) is 201 Å². The largest absolute Gasteiger partial charge is 0.480 e. The number of benzene rings is 3. The molecule has 1 heterocycles. The van der Waals surface area contributed by atoms with Gasteiger partial charge in [-0.1, -0.05) is 42.5 Å². The predicted octanol–water partition coefficient (Wildman–Crippen LogP) is 1.41. The Morgan fingerprint density at radius 1 is 1.02 bits per heavy atom. The summed E-state index contributed by atoms with van der Waals surface area (Å²) < 4.78 is 30.0. The zero-order chi connectivity index (χ0) is 33.4. The number of hydrogen-bond donors (Lipinski definition) is 5. The molecule has 0 radical (unpaired) electrons. The summed E-state index contributed by atoms with van der Waals surface area (Å²) in [7, 11) is -0.332. The average molecular weight is 652 g/mol. The van der Waals surface area contributed by atoms with Crippen molar-refractivity contribution in [1.82, 2.24) is 14.9 Å². The first kappa shape index (κ1) is 34.2. The number of nitrogens with two attached hydrogens (primary N) is 2. The van der Waals surface area contributed by atoms with E-state index in [4.69, 9.17) is 11.5 Å². The molecular formula is C32H41N7O6S. The van der Waals surface area contributed by atoms with E-state index < -0.39 is 45.9 Å². The van der Waals surface area contributed by atoms with Crippen LogP contribution in [0.1, 0.15) is 31.2 Å². The van der Waals surface area contributed by atoms with Crippen molar-refractivity contribution in [3.8, 4) is 0 Å². The van der Waals surface area contributed by atoms with Gasteiger partial charge in [0, 0.05) is 32.9 Å². The molecule has 1 fully saturated rings. The molecule has 246 valence electrons. The van der Waals surface area contributed by atoms with Gasteiger partial charge in [-0.15, -0.1) is 0 Å². The standard InChI is InChI=1S/C32H41N7O6S/c1-38(2)24-14-12-23-20-25(15-13-22(23)19-24)46(44,45)37-27(18-21-8-4-3-5-9-21)30(41)39-17-7-11-28(39)29(40)36-26(31(42)43)10-6-16-35-32(33)34/h3-5,8-9,12-15,19-20,26-28,37H,6-7,10-11,16-18H2,1-2H3,(H,36,40)(H,42,43)(H4,33,34,35)/t26-,27+,28-/m0/s1. The Balaban J connectivity index is 1.55. The molecule has 3 aromatic carbocycles. The number of likely N-dealkylation sites (tertiary alicyclic amines) is 1. The molecule has 14 heteroatoms. The summed E-state index contributed by atoms with van der Waals surface area (Å²) in [4.78, 5) is 46.4. The minimum atomic E-state index is -4.17. The van der Waals surface area contributed by atoms with Crippen LogP contribution in [0.15, 0.2) is 76.6 Å². The molecule has 3 aromatic rings. The van der Waals surface area contributed by atoms with Crippen LogP contribution in [0.4, 0.5) is 5.69 Å². The van der Waals surface area contributed by atoms with Gasteiger partial charge in [-0.25, -0.2) is 13.2 Å². The van der Waals surface area contributed by atoms with E-state index in [0.29, 0.717) is 19.3 Å². The van der Waals surface area contributed by atoms with Gasteiger partial charge >= 0.3 is 5.97 Å². The molecule has 3 atom stereocenters. The van der Waals surface area contributed by atoms with E-state index in [1.807, 2.05) is 43.3 Å². The van der Waals surface area contributed by atoms with E-state index in [2.05, 4.69) is 15.0 Å². The molecule has 0 unspecified atom stereocenters. The molecule has 7 N–H and O–H groups in total. The highest BCUT2D eigenvalue weighted by molar-refractivity contribution is 7.89. The lowest BCUT2D eigenvalue weighted by atomic mass is 10.0. The number of fused-ring (bicyclic) bond motifs is 1. The van der Waals surface area contributed by atoms with Crippen molar-refractivity contribution in [2.24, 2.45) is 16.5 Å². The van der Waals surface area contributed by atoms with E-state index in [1.54, 1.807) is 36.4 Å². The van der Waals surface area contributed by atoms with E-state index in [9.17, 15) is 27.9 Å². The maximum atomic E-state index is 14.0. The monoisotopic (exact) mass is 651 g/mol. The third kappa shape index (κ3) is 8.73. The second-order valence-corrected chi connectivity index (χ2v) is 13.2. The molecule has 1 saturated heterocycles. The molecule has 0 saturated carbocycles. The molecular weight excluding hydrogens is 610 g/mol. The minimum Gasteiger partial charge on any atom is -0.480 e. The van der Waals surface area contributed by atoms with Gasteiger partial charge in [0.2, 0.25) is 21.8 Å². The van der Waals surface area contributed by atoms with Gasteiger partial charge < -0.3 is 31.7 Å². The lowest BCUT2D eigenvalue weighted by Gasteiger charge is -2.29. The maximum Gasteiger partial charge on any atom is 0.326 e. The zero-order valence-electron chi connectivity index (χ0n) is 25.9. The number of rotatable bonds is 14. The number of amides is 2. The number of carbonyl (C=O) groups is 3. The van der Waals surface area contributed by atoms with Crippen LogP contribution in [0.2, 0.25) is 0 Å². The van der Waals surface area contributed by atoms with E-state index in [0.717, 1.165) is 22.0 Å². The number of nitrogens with zero attached hydrogens (tertiary/aromatic N) is 3. The molecule has 1 aliphatic heterocycles. The molecule has 0 aliphatic carbocycles. The van der Waals surface area contributed by atoms with E-state index >= 15 is 0 Å². The first-order chi connectivity index (χ1) is 21.9. The normalized spacial score (nSPS) is 16.0. The highest BCUT2D eigenvalue weighted by Gasteiger charge is 2.39. The third-order valence-corrected chi connectivity index (χ3v) is 9.37. The second-order valence-electron chi connectivity index (χ2n) is 11.5. The minimum absolute atomic E-state index is 0.00389. The summed E-state index contributed by atoms with van der Waals surface area (Å²) in [6, 6.07) is 16.1. The molecule has 4 rings (SSSR count). The van der Waals surface area contributed by atoms with E-state index in [-0.39, 0.29) is 36.8 Å². The molecule has 13 nitrogen and oxygen atoms in total. The molecule has 0 aromatic heterocycles. The van der Waals surface area contributed by atoms with Crippen molar-refractivity contribution in [3.05, 3.63) is 72.3 Å². The fourth-order valence-corrected chi connectivity index (χ4v) is 6.70. The van der Waals surface area contributed by atoms with Crippen LogP contribution in [0.25, 0.3) is 10.8 Å². The number of carbonyl (C=O) groups excluding carboxylic acids is 2. The summed E-state index contributed by atoms with van der Waals surface area (Å²) in [6.07, 6.45) is 1.25. The van der Waals surface area contributed by atoms with Crippen LogP contribution in [0.5, 0.6) is 0 Å². The Morgan fingerprint density at radius 2 is 1.72 bits per heavy atom. The Morgan fingerprint density at radius 3 is 2.39 bits per heavy atom. The number of aliphatic carboxylic acids is 1. The van der Waals surface area contributed by atoms with E-state index in [1.165, 1.54) is 11.0 Å². The van der Waals surface area contributed by atoms with Gasteiger partial charge in [-0.3, -0.25) is 14.6 Å². The first-order valence-corrected chi connectivity index (χ1v) is 16.5. The van der Waals surface area contributed by atoms with Crippen LogP contribution in [0.3, 0.4) is 0 Å². The van der Waals surface area contributed by atoms with Gasteiger partial charge in [-0.05, 0) is 72.7 Å². The number of aliphatic imine (C=N–C) groups is 1. The zero-order valence-corrected chi connectivity index (χ0v) is 26.7. The molecule has 0 bridgehead atoms.